The van der Waals surface area contributed by atoms with Crippen LogP contribution in [0.3, 0.4) is 0 Å². The quantitative estimate of drug-likeness (QED) is 0.751. The highest BCUT2D eigenvalue weighted by Crippen LogP contribution is 2.24. The highest BCUT2D eigenvalue weighted by atomic mass is 35.5. The van der Waals surface area contributed by atoms with Gasteiger partial charge in [0.25, 0.3) is 0 Å². The maximum absolute atomic E-state index is 12.0. The van der Waals surface area contributed by atoms with Gasteiger partial charge in [-0.05, 0) is 37.6 Å². The van der Waals surface area contributed by atoms with E-state index < -0.39 is 0 Å². The van der Waals surface area contributed by atoms with E-state index in [2.05, 4.69) is 10.6 Å². The molecule has 0 fully saturated rings. The summed E-state index contributed by atoms with van der Waals surface area (Å²) < 4.78 is 5.74. The van der Waals surface area contributed by atoms with E-state index in [4.69, 9.17) is 16.3 Å². The number of hydrogen-bond donors (Lipinski definition) is 2. The molecule has 0 heterocycles. The number of carbonyl (C=O) groups excluding carboxylic acids is 1. The van der Waals surface area contributed by atoms with Crippen molar-refractivity contribution in [1.82, 2.24) is 5.32 Å². The second-order valence-electron chi connectivity index (χ2n) is 5.71. The standard InChI is InChI=1S/C19H23ClN2O2/c1-14(2)24-18-10-6-5-9-17(18)21-12-11-19(23)22-13-15-7-3-4-8-16(15)20/h3-10,14,21H,11-13H2,1-2H3,(H,22,23). The summed E-state index contributed by atoms with van der Waals surface area (Å²) in [4.78, 5) is 12.0. The highest BCUT2D eigenvalue weighted by Gasteiger charge is 2.06. The van der Waals surface area contributed by atoms with Gasteiger partial charge in [0, 0.05) is 24.5 Å². The summed E-state index contributed by atoms with van der Waals surface area (Å²) in [6, 6.07) is 15.2. The molecule has 2 aromatic carbocycles. The monoisotopic (exact) mass is 346 g/mol. The van der Waals surface area contributed by atoms with E-state index in [-0.39, 0.29) is 12.0 Å². The minimum Gasteiger partial charge on any atom is -0.489 e. The summed E-state index contributed by atoms with van der Waals surface area (Å²) in [6.45, 7) is 4.94. The van der Waals surface area contributed by atoms with Crippen LogP contribution in [0.25, 0.3) is 0 Å². The molecule has 5 heteroatoms. The molecule has 24 heavy (non-hydrogen) atoms. The molecule has 0 radical (unpaired) electrons. The maximum atomic E-state index is 12.0. The van der Waals surface area contributed by atoms with Crippen molar-refractivity contribution in [3.63, 3.8) is 0 Å². The van der Waals surface area contributed by atoms with E-state index in [0.717, 1.165) is 17.0 Å². The Labute approximate surface area is 148 Å². The summed E-state index contributed by atoms with van der Waals surface area (Å²) in [7, 11) is 0. The SMILES string of the molecule is CC(C)Oc1ccccc1NCCC(=O)NCc1ccccc1Cl. The lowest BCUT2D eigenvalue weighted by molar-refractivity contribution is -0.121. The molecule has 2 N–H and O–H groups in total. The van der Waals surface area contributed by atoms with Gasteiger partial charge >= 0.3 is 0 Å². The Morgan fingerprint density at radius 2 is 1.83 bits per heavy atom. The van der Waals surface area contributed by atoms with E-state index in [9.17, 15) is 4.79 Å². The van der Waals surface area contributed by atoms with Crippen molar-refractivity contribution < 1.29 is 9.53 Å². The maximum Gasteiger partial charge on any atom is 0.222 e. The summed E-state index contributed by atoms with van der Waals surface area (Å²) in [5, 5.41) is 6.79. The molecule has 0 saturated heterocycles. The Morgan fingerprint density at radius 3 is 2.58 bits per heavy atom. The summed E-state index contributed by atoms with van der Waals surface area (Å²) in [5.74, 6) is 0.772. The smallest absolute Gasteiger partial charge is 0.222 e. The van der Waals surface area contributed by atoms with Gasteiger partial charge < -0.3 is 15.4 Å². The first-order valence-electron chi connectivity index (χ1n) is 8.06. The Balaban J connectivity index is 1.78. The van der Waals surface area contributed by atoms with Crippen molar-refractivity contribution in [2.75, 3.05) is 11.9 Å². The number of hydrogen-bond acceptors (Lipinski definition) is 3. The topological polar surface area (TPSA) is 50.4 Å². The lowest BCUT2D eigenvalue weighted by Crippen LogP contribution is -2.25. The van der Waals surface area contributed by atoms with Gasteiger partial charge in [-0.15, -0.1) is 0 Å². The fraction of sp³-hybridized carbons (Fsp3) is 0.316. The third kappa shape index (κ3) is 5.78. The summed E-state index contributed by atoms with van der Waals surface area (Å²) in [5.41, 5.74) is 1.81. The average Bonchev–Trinajstić information content (AvgIpc) is 2.55. The van der Waals surface area contributed by atoms with E-state index in [1.165, 1.54) is 0 Å². The first-order valence-corrected chi connectivity index (χ1v) is 8.43. The third-order valence-electron chi connectivity index (χ3n) is 3.35. The van der Waals surface area contributed by atoms with Crippen LogP contribution in [0.5, 0.6) is 5.75 Å². The van der Waals surface area contributed by atoms with Gasteiger partial charge in [-0.1, -0.05) is 41.9 Å². The van der Waals surface area contributed by atoms with Crippen LogP contribution in [0.4, 0.5) is 5.69 Å². The number of halogens is 1. The van der Waals surface area contributed by atoms with Gasteiger partial charge in [0.15, 0.2) is 0 Å². The fourth-order valence-corrected chi connectivity index (χ4v) is 2.41. The van der Waals surface area contributed by atoms with Crippen LogP contribution in [0.1, 0.15) is 25.8 Å². The van der Waals surface area contributed by atoms with Crippen LogP contribution in [-0.2, 0) is 11.3 Å². The van der Waals surface area contributed by atoms with Crippen molar-refractivity contribution in [3.8, 4) is 5.75 Å². The molecular formula is C19H23ClN2O2. The van der Waals surface area contributed by atoms with Crippen LogP contribution in [0, 0.1) is 0 Å². The second kappa shape index (κ2) is 9.18. The van der Waals surface area contributed by atoms with E-state index in [1.807, 2.05) is 62.4 Å². The van der Waals surface area contributed by atoms with E-state index in [1.54, 1.807) is 0 Å². The molecule has 2 rings (SSSR count). The number of anilines is 1. The molecule has 1 amide bonds. The van der Waals surface area contributed by atoms with Crippen LogP contribution >= 0.6 is 11.6 Å². The van der Waals surface area contributed by atoms with E-state index in [0.29, 0.717) is 24.5 Å². The molecule has 0 aliphatic heterocycles. The molecule has 0 bridgehead atoms. The molecule has 0 aromatic heterocycles. The van der Waals surface area contributed by atoms with Crippen LogP contribution in [0.2, 0.25) is 5.02 Å². The molecule has 0 aliphatic rings. The molecule has 0 saturated carbocycles. The first-order chi connectivity index (χ1) is 11.6. The molecule has 0 unspecified atom stereocenters. The number of nitrogens with one attached hydrogen (secondary N) is 2. The third-order valence-corrected chi connectivity index (χ3v) is 3.72. The summed E-state index contributed by atoms with van der Waals surface area (Å²) >= 11 is 6.07. The molecule has 2 aromatic rings. The highest BCUT2D eigenvalue weighted by molar-refractivity contribution is 6.31. The fourth-order valence-electron chi connectivity index (χ4n) is 2.20. The normalized spacial score (nSPS) is 10.5. The van der Waals surface area contributed by atoms with Gasteiger partial charge in [0.2, 0.25) is 5.91 Å². The Kier molecular flexibility index (Phi) is 6.94. The van der Waals surface area contributed by atoms with Gasteiger partial charge in [0.1, 0.15) is 5.75 Å². The largest absolute Gasteiger partial charge is 0.489 e. The van der Waals surface area contributed by atoms with Crippen molar-refractivity contribution in [1.29, 1.82) is 0 Å². The van der Waals surface area contributed by atoms with Crippen LogP contribution in [-0.4, -0.2) is 18.6 Å². The van der Waals surface area contributed by atoms with E-state index >= 15 is 0 Å². The lowest BCUT2D eigenvalue weighted by Gasteiger charge is -2.15. The minimum absolute atomic E-state index is 0.0234. The van der Waals surface area contributed by atoms with Gasteiger partial charge in [0.05, 0.1) is 11.8 Å². The molecule has 0 atom stereocenters. The Hall–Kier alpha value is -2.20. The van der Waals surface area contributed by atoms with Crippen LogP contribution < -0.4 is 15.4 Å². The Bertz CT molecular complexity index is 674. The lowest BCUT2D eigenvalue weighted by atomic mass is 10.2. The zero-order chi connectivity index (χ0) is 17.4. The number of para-hydroxylation sites is 2. The number of ether oxygens (including phenoxy) is 1. The van der Waals surface area contributed by atoms with Crippen molar-refractivity contribution in [2.24, 2.45) is 0 Å². The van der Waals surface area contributed by atoms with Crippen molar-refractivity contribution in [3.05, 3.63) is 59.1 Å². The Morgan fingerprint density at radius 1 is 1.12 bits per heavy atom. The molecular weight excluding hydrogens is 324 g/mol. The molecule has 4 nitrogen and oxygen atoms in total. The number of rotatable bonds is 8. The van der Waals surface area contributed by atoms with Gasteiger partial charge in [-0.25, -0.2) is 0 Å². The molecule has 0 aliphatic carbocycles. The number of amides is 1. The number of carbonyl (C=O) groups is 1. The first kappa shape index (κ1) is 18.1. The van der Waals surface area contributed by atoms with Gasteiger partial charge in [-0.3, -0.25) is 4.79 Å². The molecule has 128 valence electrons. The van der Waals surface area contributed by atoms with Crippen molar-refractivity contribution >= 4 is 23.2 Å². The molecule has 0 spiro atoms. The average molecular weight is 347 g/mol. The minimum atomic E-state index is -0.0234. The van der Waals surface area contributed by atoms with Crippen LogP contribution in [0.15, 0.2) is 48.5 Å². The predicted octanol–water partition coefficient (Wildman–Crippen LogP) is 4.25. The second-order valence-corrected chi connectivity index (χ2v) is 6.11. The zero-order valence-corrected chi connectivity index (χ0v) is 14.8. The predicted molar refractivity (Wildman–Crippen MR) is 98.6 cm³/mol. The summed E-state index contributed by atoms with van der Waals surface area (Å²) in [6.07, 6.45) is 0.479. The van der Waals surface area contributed by atoms with Crippen molar-refractivity contribution in [2.45, 2.75) is 32.9 Å². The van der Waals surface area contributed by atoms with Gasteiger partial charge in [-0.2, -0.15) is 0 Å². The zero-order valence-electron chi connectivity index (χ0n) is 14.0. The number of benzene rings is 2.